The van der Waals surface area contributed by atoms with Crippen molar-refractivity contribution in [3.8, 4) is 0 Å². The van der Waals surface area contributed by atoms with Crippen molar-refractivity contribution in [3.63, 3.8) is 0 Å². The Morgan fingerprint density at radius 2 is 1.80 bits per heavy atom. The van der Waals surface area contributed by atoms with Gasteiger partial charge in [-0.3, -0.25) is 0 Å². The summed E-state index contributed by atoms with van der Waals surface area (Å²) < 4.78 is 5.87. The summed E-state index contributed by atoms with van der Waals surface area (Å²) in [6.07, 6.45) is 0.952. The van der Waals surface area contributed by atoms with Gasteiger partial charge in [-0.25, -0.2) is 0 Å². The van der Waals surface area contributed by atoms with E-state index in [0.29, 0.717) is 0 Å². The van der Waals surface area contributed by atoms with Gasteiger partial charge in [-0.05, 0) is 29.2 Å². The fourth-order valence-electron chi connectivity index (χ4n) is 3.69. The van der Waals surface area contributed by atoms with E-state index in [1.54, 1.807) is 7.11 Å². The number of aliphatic hydroxyl groups is 1. The lowest BCUT2D eigenvalue weighted by Crippen LogP contribution is -2.44. The summed E-state index contributed by atoms with van der Waals surface area (Å²) in [7, 11) is 1.67. The van der Waals surface area contributed by atoms with E-state index in [-0.39, 0.29) is 6.61 Å². The first kappa shape index (κ1) is 17.9. The van der Waals surface area contributed by atoms with Gasteiger partial charge in [-0.15, -0.1) is 0 Å². The van der Waals surface area contributed by atoms with E-state index in [1.165, 1.54) is 11.3 Å². The Kier molecular flexibility index (Phi) is 5.74. The Balaban J connectivity index is 2.03. The third-order valence-corrected chi connectivity index (χ3v) is 5.20. The molecule has 2 aromatic rings. The largest absolute Gasteiger partial charge is 0.393 e. The van der Waals surface area contributed by atoms with Gasteiger partial charge in [-0.1, -0.05) is 49.4 Å². The number of piperazine rings is 1. The molecule has 134 valence electrons. The zero-order valence-corrected chi connectivity index (χ0v) is 15.2. The lowest BCUT2D eigenvalue weighted by molar-refractivity contribution is -0.0243. The van der Waals surface area contributed by atoms with Crippen LogP contribution in [-0.2, 0) is 16.8 Å². The molecule has 4 nitrogen and oxygen atoms in total. The number of nitrogens with zero attached hydrogens (tertiary/aromatic N) is 1. The molecular weight excluding hydrogens is 312 g/mol. The highest BCUT2D eigenvalue weighted by atomic mass is 16.5. The Labute approximate surface area is 150 Å². The molecule has 0 aromatic heterocycles. The molecule has 25 heavy (non-hydrogen) atoms. The smallest absolute Gasteiger partial charge is 0.141 e. The van der Waals surface area contributed by atoms with E-state index in [2.05, 4.69) is 35.3 Å². The molecule has 1 aliphatic rings. The minimum absolute atomic E-state index is 0.0936. The van der Waals surface area contributed by atoms with Crippen LogP contribution in [0.1, 0.15) is 23.6 Å². The molecule has 1 atom stereocenters. The molecule has 0 saturated carbocycles. The number of hydrogen-bond acceptors (Lipinski definition) is 4. The minimum atomic E-state index is -0.826. The summed E-state index contributed by atoms with van der Waals surface area (Å²) in [5.74, 6) is 0. The second kappa shape index (κ2) is 8.00. The van der Waals surface area contributed by atoms with Crippen molar-refractivity contribution in [3.05, 3.63) is 65.2 Å². The van der Waals surface area contributed by atoms with Crippen molar-refractivity contribution < 1.29 is 9.84 Å². The van der Waals surface area contributed by atoms with Crippen molar-refractivity contribution in [1.82, 2.24) is 5.32 Å². The number of benzene rings is 2. The Morgan fingerprint density at radius 3 is 2.40 bits per heavy atom. The van der Waals surface area contributed by atoms with Gasteiger partial charge >= 0.3 is 0 Å². The quantitative estimate of drug-likeness (QED) is 0.848. The predicted molar refractivity (Wildman–Crippen MR) is 102 cm³/mol. The first-order valence-electron chi connectivity index (χ1n) is 9.05. The number of aryl methyl sites for hydroxylation is 1. The van der Waals surface area contributed by atoms with E-state index in [0.717, 1.165) is 43.7 Å². The van der Waals surface area contributed by atoms with Crippen molar-refractivity contribution in [1.29, 1.82) is 0 Å². The van der Waals surface area contributed by atoms with Gasteiger partial charge in [0.15, 0.2) is 0 Å². The average Bonchev–Trinajstić information content (AvgIpc) is 2.71. The van der Waals surface area contributed by atoms with Gasteiger partial charge < -0.3 is 20.1 Å². The highest BCUT2D eigenvalue weighted by Gasteiger charge is 2.34. The minimum Gasteiger partial charge on any atom is -0.393 e. The number of anilines is 1. The zero-order valence-electron chi connectivity index (χ0n) is 15.2. The third kappa shape index (κ3) is 3.43. The molecule has 0 aliphatic carbocycles. The lowest BCUT2D eigenvalue weighted by atomic mass is 9.85. The highest BCUT2D eigenvalue weighted by Crippen LogP contribution is 2.35. The molecule has 1 unspecified atom stereocenters. The van der Waals surface area contributed by atoms with Crippen LogP contribution in [0.15, 0.2) is 48.5 Å². The summed E-state index contributed by atoms with van der Waals surface area (Å²) in [5, 5.41) is 13.6. The van der Waals surface area contributed by atoms with Gasteiger partial charge in [0.2, 0.25) is 0 Å². The maximum atomic E-state index is 10.2. The summed E-state index contributed by atoms with van der Waals surface area (Å²) in [5.41, 5.74) is 3.73. The first-order valence-corrected chi connectivity index (χ1v) is 9.05. The molecule has 1 fully saturated rings. The van der Waals surface area contributed by atoms with Crippen LogP contribution in [-0.4, -0.2) is 45.0 Å². The van der Waals surface area contributed by atoms with Gasteiger partial charge in [0.05, 0.1) is 6.61 Å². The maximum absolute atomic E-state index is 10.2. The second-order valence-corrected chi connectivity index (χ2v) is 6.49. The van der Waals surface area contributed by atoms with E-state index in [4.69, 9.17) is 4.74 Å². The molecule has 2 N–H and O–H groups in total. The monoisotopic (exact) mass is 340 g/mol. The summed E-state index contributed by atoms with van der Waals surface area (Å²) >= 11 is 0. The third-order valence-electron chi connectivity index (χ3n) is 5.20. The number of rotatable bonds is 6. The molecule has 0 bridgehead atoms. The van der Waals surface area contributed by atoms with E-state index < -0.39 is 5.60 Å². The van der Waals surface area contributed by atoms with Crippen LogP contribution < -0.4 is 10.2 Å². The standard InChI is InChI=1S/C21H28N2O2/c1-3-17-15-19(9-10-20(17)23-13-11-22-12-14-23)21(16-24,25-2)18-7-5-4-6-8-18/h4-10,15,22,24H,3,11-14,16H2,1-2H3. The summed E-state index contributed by atoms with van der Waals surface area (Å²) in [6.45, 7) is 6.19. The number of aliphatic hydroxyl groups excluding tert-OH is 1. The SMILES string of the molecule is CCc1cc(C(CO)(OC)c2ccccc2)ccc1N1CCNCC1. The van der Waals surface area contributed by atoms with Gasteiger partial charge in [-0.2, -0.15) is 0 Å². The Morgan fingerprint density at radius 1 is 1.08 bits per heavy atom. The van der Waals surface area contributed by atoms with Crippen LogP contribution in [0.2, 0.25) is 0 Å². The van der Waals surface area contributed by atoms with Crippen LogP contribution >= 0.6 is 0 Å². The van der Waals surface area contributed by atoms with Gasteiger partial charge in [0, 0.05) is 39.0 Å². The topological polar surface area (TPSA) is 44.7 Å². The van der Waals surface area contributed by atoms with Crippen LogP contribution in [0.5, 0.6) is 0 Å². The molecule has 1 saturated heterocycles. The highest BCUT2D eigenvalue weighted by molar-refractivity contribution is 5.57. The molecule has 0 radical (unpaired) electrons. The zero-order chi connectivity index (χ0) is 17.7. The van der Waals surface area contributed by atoms with E-state index in [1.807, 2.05) is 30.3 Å². The summed E-state index contributed by atoms with van der Waals surface area (Å²) in [4.78, 5) is 2.44. The number of methoxy groups -OCH3 is 1. The van der Waals surface area contributed by atoms with Crippen LogP contribution in [0.3, 0.4) is 0 Å². The van der Waals surface area contributed by atoms with Gasteiger partial charge in [0.25, 0.3) is 0 Å². The van der Waals surface area contributed by atoms with Crippen LogP contribution in [0, 0.1) is 0 Å². The Bertz CT molecular complexity index is 678. The molecule has 4 heteroatoms. The molecule has 1 heterocycles. The van der Waals surface area contributed by atoms with Crippen molar-refractivity contribution in [2.45, 2.75) is 18.9 Å². The van der Waals surface area contributed by atoms with Crippen molar-refractivity contribution in [2.75, 3.05) is 44.8 Å². The van der Waals surface area contributed by atoms with Crippen LogP contribution in [0.25, 0.3) is 0 Å². The maximum Gasteiger partial charge on any atom is 0.141 e. The molecule has 3 rings (SSSR count). The predicted octanol–water partition coefficient (Wildman–Crippen LogP) is 2.54. The fraction of sp³-hybridized carbons (Fsp3) is 0.429. The van der Waals surface area contributed by atoms with Crippen LogP contribution in [0.4, 0.5) is 5.69 Å². The lowest BCUT2D eigenvalue weighted by Gasteiger charge is -2.34. The molecule has 1 aliphatic heterocycles. The normalized spacial score (nSPS) is 17.3. The van der Waals surface area contributed by atoms with E-state index >= 15 is 0 Å². The fourth-order valence-corrected chi connectivity index (χ4v) is 3.69. The van der Waals surface area contributed by atoms with Gasteiger partial charge in [0.1, 0.15) is 5.60 Å². The van der Waals surface area contributed by atoms with Crippen molar-refractivity contribution in [2.24, 2.45) is 0 Å². The number of nitrogens with one attached hydrogen (secondary N) is 1. The number of hydrogen-bond donors (Lipinski definition) is 2. The van der Waals surface area contributed by atoms with E-state index in [9.17, 15) is 5.11 Å². The molecule has 2 aromatic carbocycles. The first-order chi connectivity index (χ1) is 12.2. The Hall–Kier alpha value is -1.88. The molecule has 0 spiro atoms. The summed E-state index contributed by atoms with van der Waals surface area (Å²) in [6, 6.07) is 16.4. The van der Waals surface area contributed by atoms with Crippen molar-refractivity contribution >= 4 is 5.69 Å². The second-order valence-electron chi connectivity index (χ2n) is 6.49. The number of ether oxygens (including phenoxy) is 1. The average molecular weight is 340 g/mol. The molecular formula is C21H28N2O2. The molecule has 0 amide bonds.